The molecule has 4 rings (SSSR count). The van der Waals surface area contributed by atoms with Crippen LogP contribution in [-0.2, 0) is 5.41 Å². The van der Waals surface area contributed by atoms with Crippen molar-refractivity contribution in [2.45, 2.75) is 33.1 Å². The highest BCUT2D eigenvalue weighted by Gasteiger charge is 2.25. The van der Waals surface area contributed by atoms with Crippen LogP contribution in [0, 0.1) is 12.7 Å². The van der Waals surface area contributed by atoms with Gasteiger partial charge in [-0.1, -0.05) is 20.8 Å². The number of aromatic nitrogens is 5. The molecule has 0 aliphatic carbocycles. The second-order valence-electron chi connectivity index (χ2n) is 8.02. The first-order chi connectivity index (χ1) is 14.6. The Bertz CT molecular complexity index is 1320. The zero-order valence-corrected chi connectivity index (χ0v) is 20.4. The monoisotopic (exact) mass is 548 g/mol. The van der Waals surface area contributed by atoms with Crippen molar-refractivity contribution in [2.24, 2.45) is 0 Å². The number of rotatable bonds is 3. The zero-order chi connectivity index (χ0) is 22.5. The lowest BCUT2D eigenvalue weighted by atomic mass is 9.95. The van der Waals surface area contributed by atoms with Gasteiger partial charge in [0.05, 0.1) is 10.2 Å². The lowest BCUT2D eigenvalue weighted by Crippen LogP contribution is -2.17. The third-order valence-electron chi connectivity index (χ3n) is 4.54. The zero-order valence-electron chi connectivity index (χ0n) is 17.2. The first-order valence-electron chi connectivity index (χ1n) is 9.37. The summed E-state index contributed by atoms with van der Waals surface area (Å²) in [5.74, 6) is 0.365. The SMILES string of the molecule is Cc1ccnc(Oc2ccc(-n3c(Br)c(Br)c4nc(C(C)(C)C)nc(N)c43)cc2F)n1. The minimum atomic E-state index is -0.571. The predicted molar refractivity (Wildman–Crippen MR) is 124 cm³/mol. The van der Waals surface area contributed by atoms with Crippen LogP contribution in [0.3, 0.4) is 0 Å². The van der Waals surface area contributed by atoms with Crippen LogP contribution in [-0.4, -0.2) is 24.5 Å². The van der Waals surface area contributed by atoms with Crippen LogP contribution in [0.2, 0.25) is 0 Å². The third kappa shape index (κ3) is 4.01. The molecule has 0 aliphatic heterocycles. The second kappa shape index (κ2) is 7.83. The molecule has 3 aromatic heterocycles. The number of ether oxygens (including phenoxy) is 1. The van der Waals surface area contributed by atoms with E-state index in [4.69, 9.17) is 15.5 Å². The van der Waals surface area contributed by atoms with Crippen molar-refractivity contribution in [3.05, 3.63) is 56.9 Å². The Morgan fingerprint density at radius 2 is 1.84 bits per heavy atom. The molecule has 0 atom stereocenters. The van der Waals surface area contributed by atoms with E-state index in [0.29, 0.717) is 37.4 Å². The van der Waals surface area contributed by atoms with Crippen LogP contribution in [0.4, 0.5) is 10.2 Å². The standard InChI is InChI=1S/C21H19Br2FN6O/c1-10-7-8-26-20(27-10)31-13-6-5-11(9-12(13)24)30-16-15(14(22)17(30)23)28-19(21(2,3)4)29-18(16)25/h5-9H,1-4H3,(H2,25,28,29). The minimum Gasteiger partial charge on any atom is -0.421 e. The molecular weight excluding hydrogens is 531 g/mol. The predicted octanol–water partition coefficient (Wildman–Crippen LogP) is 5.86. The summed E-state index contributed by atoms with van der Waals surface area (Å²) in [4.78, 5) is 17.3. The number of halogens is 3. The molecule has 0 aliphatic rings. The van der Waals surface area contributed by atoms with Crippen molar-refractivity contribution in [1.29, 1.82) is 0 Å². The Hall–Kier alpha value is -2.59. The van der Waals surface area contributed by atoms with Gasteiger partial charge in [0.15, 0.2) is 17.4 Å². The van der Waals surface area contributed by atoms with Crippen LogP contribution in [0.1, 0.15) is 32.3 Å². The van der Waals surface area contributed by atoms with Crippen molar-refractivity contribution >= 4 is 48.7 Å². The number of nitrogen functional groups attached to an aromatic ring is 1. The molecule has 2 N–H and O–H groups in total. The average molecular weight is 550 g/mol. The molecule has 0 bridgehead atoms. The molecule has 0 radical (unpaired) electrons. The molecule has 0 saturated heterocycles. The average Bonchev–Trinajstić information content (AvgIpc) is 2.94. The summed E-state index contributed by atoms with van der Waals surface area (Å²) in [6, 6.07) is 6.38. The van der Waals surface area contributed by atoms with Gasteiger partial charge in [-0.15, -0.1) is 0 Å². The topological polar surface area (TPSA) is 91.7 Å². The number of fused-ring (bicyclic) bond motifs is 1. The maximum absolute atomic E-state index is 14.9. The van der Waals surface area contributed by atoms with E-state index in [1.54, 1.807) is 29.8 Å². The Morgan fingerprint density at radius 3 is 2.48 bits per heavy atom. The minimum absolute atomic E-state index is 0.0141. The van der Waals surface area contributed by atoms with E-state index in [9.17, 15) is 4.39 Å². The summed E-state index contributed by atoms with van der Waals surface area (Å²) in [5.41, 5.74) is 8.49. The number of nitrogens with two attached hydrogens (primary N) is 1. The molecule has 4 aromatic rings. The highest BCUT2D eigenvalue weighted by molar-refractivity contribution is 9.13. The molecule has 7 nitrogen and oxygen atoms in total. The largest absolute Gasteiger partial charge is 0.421 e. The number of benzene rings is 1. The fraction of sp³-hybridized carbons (Fsp3) is 0.238. The Morgan fingerprint density at radius 1 is 1.10 bits per heavy atom. The molecular formula is C21H19Br2FN6O. The Kier molecular flexibility index (Phi) is 5.47. The molecule has 31 heavy (non-hydrogen) atoms. The Balaban J connectivity index is 1.82. The van der Waals surface area contributed by atoms with Crippen molar-refractivity contribution in [1.82, 2.24) is 24.5 Å². The van der Waals surface area contributed by atoms with Crippen LogP contribution in [0.25, 0.3) is 16.7 Å². The van der Waals surface area contributed by atoms with Gasteiger partial charge in [0, 0.05) is 23.4 Å². The summed E-state index contributed by atoms with van der Waals surface area (Å²) >= 11 is 7.13. The van der Waals surface area contributed by atoms with Crippen LogP contribution < -0.4 is 10.5 Å². The first kappa shape index (κ1) is 21.6. The van der Waals surface area contributed by atoms with E-state index < -0.39 is 5.82 Å². The highest BCUT2D eigenvalue weighted by Crippen LogP contribution is 2.39. The number of aryl methyl sites for hydroxylation is 1. The van der Waals surface area contributed by atoms with Gasteiger partial charge in [-0.05, 0) is 57.0 Å². The molecule has 0 fully saturated rings. The van der Waals surface area contributed by atoms with Gasteiger partial charge in [0.2, 0.25) is 0 Å². The molecule has 0 saturated carbocycles. The van der Waals surface area contributed by atoms with Gasteiger partial charge < -0.3 is 10.5 Å². The summed E-state index contributed by atoms with van der Waals surface area (Å²) in [7, 11) is 0. The van der Waals surface area contributed by atoms with E-state index in [0.717, 1.165) is 5.69 Å². The quantitative estimate of drug-likeness (QED) is 0.344. The lowest BCUT2D eigenvalue weighted by molar-refractivity contribution is 0.410. The van der Waals surface area contributed by atoms with Gasteiger partial charge in [-0.2, -0.15) is 0 Å². The van der Waals surface area contributed by atoms with Crippen LogP contribution in [0.15, 0.2) is 39.5 Å². The molecule has 0 unspecified atom stereocenters. The molecule has 1 aromatic carbocycles. The van der Waals surface area contributed by atoms with E-state index >= 15 is 0 Å². The van der Waals surface area contributed by atoms with Crippen molar-refractivity contribution in [3.63, 3.8) is 0 Å². The fourth-order valence-corrected chi connectivity index (χ4v) is 4.03. The van der Waals surface area contributed by atoms with E-state index in [1.165, 1.54) is 12.1 Å². The Labute approximate surface area is 195 Å². The van der Waals surface area contributed by atoms with Gasteiger partial charge in [0.25, 0.3) is 0 Å². The highest BCUT2D eigenvalue weighted by atomic mass is 79.9. The summed E-state index contributed by atoms with van der Waals surface area (Å²) < 4.78 is 23.5. The van der Waals surface area contributed by atoms with Crippen LogP contribution >= 0.6 is 31.9 Å². The smallest absolute Gasteiger partial charge is 0.322 e. The first-order valence-corrected chi connectivity index (χ1v) is 11.0. The van der Waals surface area contributed by atoms with Gasteiger partial charge in [-0.3, -0.25) is 4.57 Å². The van der Waals surface area contributed by atoms with Crippen LogP contribution in [0.5, 0.6) is 11.8 Å². The molecule has 160 valence electrons. The maximum atomic E-state index is 14.9. The van der Waals surface area contributed by atoms with Crippen molar-refractivity contribution in [3.8, 4) is 17.4 Å². The maximum Gasteiger partial charge on any atom is 0.322 e. The summed E-state index contributed by atoms with van der Waals surface area (Å²) in [6.45, 7) is 7.84. The number of hydrogen-bond donors (Lipinski definition) is 1. The lowest BCUT2D eigenvalue weighted by Gasteiger charge is -2.17. The summed E-state index contributed by atoms with van der Waals surface area (Å²) in [6.07, 6.45) is 1.55. The number of nitrogens with zero attached hydrogens (tertiary/aromatic N) is 5. The van der Waals surface area contributed by atoms with Gasteiger partial charge in [0.1, 0.15) is 21.5 Å². The van der Waals surface area contributed by atoms with Gasteiger partial charge >= 0.3 is 6.01 Å². The van der Waals surface area contributed by atoms with Crippen molar-refractivity contribution in [2.75, 3.05) is 5.73 Å². The molecule has 3 heterocycles. The fourth-order valence-electron chi connectivity index (χ4n) is 3.00. The number of anilines is 1. The third-order valence-corrected chi connectivity index (χ3v) is 6.57. The molecule has 0 amide bonds. The normalized spacial score (nSPS) is 11.8. The second-order valence-corrected chi connectivity index (χ2v) is 9.56. The van der Waals surface area contributed by atoms with Gasteiger partial charge in [-0.25, -0.2) is 24.3 Å². The van der Waals surface area contributed by atoms with E-state index in [2.05, 4.69) is 46.8 Å². The van der Waals surface area contributed by atoms with Crippen molar-refractivity contribution < 1.29 is 9.13 Å². The van der Waals surface area contributed by atoms with E-state index in [-0.39, 0.29) is 17.2 Å². The molecule has 10 heteroatoms. The van der Waals surface area contributed by atoms with E-state index in [1.807, 2.05) is 20.8 Å². The molecule has 0 spiro atoms. The number of hydrogen-bond acceptors (Lipinski definition) is 6. The summed E-state index contributed by atoms with van der Waals surface area (Å²) in [5, 5.41) is 0.